The van der Waals surface area contributed by atoms with Crippen molar-refractivity contribution in [3.63, 3.8) is 0 Å². The van der Waals surface area contributed by atoms with E-state index in [0.717, 1.165) is 30.6 Å². The molecule has 122 valence electrons. The molecule has 0 fully saturated rings. The minimum atomic E-state index is -0.168. The van der Waals surface area contributed by atoms with Crippen LogP contribution < -0.4 is 21.5 Å². The Kier molecular flexibility index (Phi) is 3.88. The number of nitrogens with one attached hydrogen (secondary N) is 4. The monoisotopic (exact) mass is 321 g/mol. The van der Waals surface area contributed by atoms with Gasteiger partial charge in [-0.25, -0.2) is 5.10 Å². The second-order valence-corrected chi connectivity index (χ2v) is 5.91. The highest BCUT2D eigenvalue weighted by Crippen LogP contribution is 2.30. The topological polar surface area (TPSA) is 81.8 Å². The standard InChI is InChI=1S/C18H19N5O/c24-18-13-7-4-8-14-16(13)17(22-23-18)21-15(20-14)11-19-10-9-12-5-2-1-3-6-12/h1-8,15,19-20H,9-11H2,(H,21,22)(H,23,24). The highest BCUT2D eigenvalue weighted by atomic mass is 16.1. The van der Waals surface area contributed by atoms with Gasteiger partial charge < -0.3 is 16.0 Å². The maximum atomic E-state index is 11.9. The van der Waals surface area contributed by atoms with Gasteiger partial charge >= 0.3 is 0 Å². The number of benzene rings is 2. The van der Waals surface area contributed by atoms with Gasteiger partial charge in [-0.2, -0.15) is 5.10 Å². The summed E-state index contributed by atoms with van der Waals surface area (Å²) in [7, 11) is 0. The molecule has 4 rings (SSSR count). The van der Waals surface area contributed by atoms with Gasteiger partial charge in [0.2, 0.25) is 0 Å². The lowest BCUT2D eigenvalue weighted by atomic mass is 10.1. The molecule has 4 N–H and O–H groups in total. The molecular weight excluding hydrogens is 302 g/mol. The fraction of sp³-hybridized carbons (Fsp3) is 0.222. The summed E-state index contributed by atoms with van der Waals surface area (Å²) in [5.74, 6) is 0.716. The van der Waals surface area contributed by atoms with Crippen LogP contribution in [0.4, 0.5) is 11.5 Å². The van der Waals surface area contributed by atoms with Crippen LogP contribution in [0.2, 0.25) is 0 Å². The Bertz CT molecular complexity index is 894. The molecule has 1 atom stereocenters. The Balaban J connectivity index is 1.41. The largest absolute Gasteiger partial charge is 0.364 e. The summed E-state index contributed by atoms with van der Waals surface area (Å²) in [6.45, 7) is 1.66. The third-order valence-corrected chi connectivity index (χ3v) is 4.24. The van der Waals surface area contributed by atoms with Gasteiger partial charge in [-0.3, -0.25) is 4.79 Å². The number of hydrogen-bond donors (Lipinski definition) is 4. The number of aromatic amines is 1. The van der Waals surface area contributed by atoms with Crippen LogP contribution in [0, 0.1) is 0 Å². The minimum Gasteiger partial charge on any atom is -0.364 e. The molecule has 1 aromatic heterocycles. The second kappa shape index (κ2) is 6.33. The van der Waals surface area contributed by atoms with Crippen LogP contribution in [-0.2, 0) is 6.42 Å². The van der Waals surface area contributed by atoms with Crippen LogP contribution in [0.1, 0.15) is 5.56 Å². The second-order valence-electron chi connectivity index (χ2n) is 5.91. The van der Waals surface area contributed by atoms with E-state index < -0.39 is 0 Å². The Morgan fingerprint density at radius 2 is 1.92 bits per heavy atom. The van der Waals surface area contributed by atoms with Crippen molar-refractivity contribution in [1.29, 1.82) is 0 Å². The van der Waals surface area contributed by atoms with Crippen molar-refractivity contribution in [2.45, 2.75) is 12.6 Å². The Hall–Kier alpha value is -2.86. The molecule has 2 aromatic carbocycles. The van der Waals surface area contributed by atoms with Crippen LogP contribution in [0.5, 0.6) is 0 Å². The first-order valence-corrected chi connectivity index (χ1v) is 8.10. The summed E-state index contributed by atoms with van der Waals surface area (Å²) in [5.41, 5.74) is 2.09. The molecular formula is C18H19N5O. The lowest BCUT2D eigenvalue weighted by molar-refractivity contribution is 0.634. The molecule has 0 radical (unpaired) electrons. The van der Waals surface area contributed by atoms with Crippen molar-refractivity contribution < 1.29 is 0 Å². The van der Waals surface area contributed by atoms with Crippen molar-refractivity contribution in [2.24, 2.45) is 0 Å². The molecule has 0 aliphatic carbocycles. The van der Waals surface area contributed by atoms with Gasteiger partial charge in [-0.15, -0.1) is 0 Å². The average molecular weight is 321 g/mol. The van der Waals surface area contributed by atoms with Crippen molar-refractivity contribution in [3.8, 4) is 0 Å². The van der Waals surface area contributed by atoms with Crippen LogP contribution in [0.25, 0.3) is 10.8 Å². The molecule has 2 heterocycles. The number of aromatic nitrogens is 2. The minimum absolute atomic E-state index is 0.0253. The fourth-order valence-electron chi connectivity index (χ4n) is 3.06. The number of anilines is 2. The summed E-state index contributed by atoms with van der Waals surface area (Å²) >= 11 is 0. The smallest absolute Gasteiger partial charge is 0.272 e. The Morgan fingerprint density at radius 1 is 1.04 bits per heavy atom. The third kappa shape index (κ3) is 2.83. The van der Waals surface area contributed by atoms with E-state index in [9.17, 15) is 4.79 Å². The predicted molar refractivity (Wildman–Crippen MR) is 96.4 cm³/mol. The van der Waals surface area contributed by atoms with E-state index in [4.69, 9.17) is 0 Å². The molecule has 0 saturated heterocycles. The van der Waals surface area contributed by atoms with Crippen molar-refractivity contribution in [1.82, 2.24) is 15.5 Å². The van der Waals surface area contributed by atoms with Crippen LogP contribution in [0.3, 0.4) is 0 Å². The van der Waals surface area contributed by atoms with Crippen LogP contribution in [0.15, 0.2) is 53.3 Å². The van der Waals surface area contributed by atoms with Gasteiger partial charge in [0, 0.05) is 12.2 Å². The van der Waals surface area contributed by atoms with E-state index >= 15 is 0 Å². The molecule has 0 bridgehead atoms. The van der Waals surface area contributed by atoms with E-state index in [1.807, 2.05) is 24.3 Å². The fourth-order valence-corrected chi connectivity index (χ4v) is 3.06. The van der Waals surface area contributed by atoms with Gasteiger partial charge in [-0.05, 0) is 30.7 Å². The quantitative estimate of drug-likeness (QED) is 0.540. The first-order chi connectivity index (χ1) is 11.8. The summed E-state index contributed by atoms with van der Waals surface area (Å²) in [6.07, 6.45) is 1.02. The Labute approximate surface area is 139 Å². The number of nitrogens with zero attached hydrogens (tertiary/aromatic N) is 1. The van der Waals surface area contributed by atoms with Gasteiger partial charge in [0.05, 0.1) is 10.8 Å². The van der Waals surface area contributed by atoms with E-state index in [1.54, 1.807) is 0 Å². The van der Waals surface area contributed by atoms with Crippen LogP contribution in [-0.4, -0.2) is 29.5 Å². The maximum Gasteiger partial charge on any atom is 0.272 e. The normalized spacial score (nSPS) is 15.8. The molecule has 1 aliphatic rings. The predicted octanol–water partition coefficient (Wildman–Crippen LogP) is 1.92. The lowest BCUT2D eigenvalue weighted by Crippen LogP contribution is -2.42. The zero-order chi connectivity index (χ0) is 16.4. The maximum absolute atomic E-state index is 11.9. The molecule has 6 nitrogen and oxygen atoms in total. The van der Waals surface area contributed by atoms with Crippen molar-refractivity contribution in [2.75, 3.05) is 23.7 Å². The summed E-state index contributed by atoms with van der Waals surface area (Å²) < 4.78 is 0. The summed E-state index contributed by atoms with van der Waals surface area (Å²) in [6, 6.07) is 16.1. The first-order valence-electron chi connectivity index (χ1n) is 8.10. The van der Waals surface area contributed by atoms with Crippen molar-refractivity contribution >= 4 is 22.3 Å². The third-order valence-electron chi connectivity index (χ3n) is 4.24. The number of H-pyrrole nitrogens is 1. The number of rotatable bonds is 5. The van der Waals surface area contributed by atoms with E-state index in [2.05, 4.69) is 50.4 Å². The summed E-state index contributed by atoms with van der Waals surface area (Å²) in [4.78, 5) is 11.9. The first kappa shape index (κ1) is 14.7. The van der Waals surface area contributed by atoms with Crippen LogP contribution >= 0.6 is 0 Å². The van der Waals surface area contributed by atoms with E-state index in [0.29, 0.717) is 11.2 Å². The molecule has 1 aliphatic heterocycles. The van der Waals surface area contributed by atoms with Gasteiger partial charge in [0.1, 0.15) is 6.17 Å². The van der Waals surface area contributed by atoms with E-state index in [1.165, 1.54) is 5.56 Å². The zero-order valence-electron chi connectivity index (χ0n) is 13.2. The van der Waals surface area contributed by atoms with E-state index in [-0.39, 0.29) is 11.7 Å². The Morgan fingerprint density at radius 3 is 2.79 bits per heavy atom. The van der Waals surface area contributed by atoms with Gasteiger partial charge in [-0.1, -0.05) is 36.4 Å². The highest BCUT2D eigenvalue weighted by Gasteiger charge is 2.20. The molecule has 1 unspecified atom stereocenters. The summed E-state index contributed by atoms with van der Waals surface area (Å²) in [5, 5.41) is 18.4. The average Bonchev–Trinajstić information content (AvgIpc) is 2.63. The van der Waals surface area contributed by atoms with Gasteiger partial charge in [0.25, 0.3) is 5.56 Å². The molecule has 24 heavy (non-hydrogen) atoms. The van der Waals surface area contributed by atoms with Crippen molar-refractivity contribution in [3.05, 3.63) is 64.4 Å². The van der Waals surface area contributed by atoms with Gasteiger partial charge in [0.15, 0.2) is 5.82 Å². The molecule has 6 heteroatoms. The molecule has 0 amide bonds. The lowest BCUT2D eigenvalue weighted by Gasteiger charge is -2.28. The molecule has 3 aromatic rings. The number of hydrogen-bond acceptors (Lipinski definition) is 5. The SMILES string of the molecule is O=c1[nH]nc2c3c(cccc13)NC(CNCCc1ccccc1)N2. The molecule has 0 spiro atoms. The highest BCUT2D eigenvalue weighted by molar-refractivity contribution is 6.02. The zero-order valence-corrected chi connectivity index (χ0v) is 13.2. The molecule has 0 saturated carbocycles.